The molecule has 1 fully saturated rings. The Morgan fingerprint density at radius 1 is 1.25 bits per heavy atom. The normalized spacial score (nSPS) is 22.8. The molecule has 1 aromatic heterocycles. The van der Waals surface area contributed by atoms with Crippen molar-refractivity contribution in [3.63, 3.8) is 0 Å². The fourth-order valence-corrected chi connectivity index (χ4v) is 5.87. The number of nitrogens with zero attached hydrogens (tertiary/aromatic N) is 3. The van der Waals surface area contributed by atoms with Crippen molar-refractivity contribution in [1.82, 2.24) is 14.4 Å². The van der Waals surface area contributed by atoms with Crippen molar-refractivity contribution in [3.8, 4) is 0 Å². The first-order valence-electron chi connectivity index (χ1n) is 11.3. The molecule has 0 bridgehead atoms. The lowest BCUT2D eigenvalue weighted by atomic mass is 9.79. The number of aromatic nitrogens is 1. The number of ether oxygens (including phenoxy) is 2. The first kappa shape index (κ1) is 21.7. The van der Waals surface area contributed by atoms with E-state index in [4.69, 9.17) is 9.47 Å². The van der Waals surface area contributed by atoms with Gasteiger partial charge < -0.3 is 14.4 Å². The molecule has 2 aliphatic heterocycles. The van der Waals surface area contributed by atoms with E-state index in [1.165, 1.54) is 5.57 Å². The fourth-order valence-electron chi connectivity index (χ4n) is 5.17. The van der Waals surface area contributed by atoms with Gasteiger partial charge in [-0.1, -0.05) is 18.2 Å². The number of fused-ring (bicyclic) bond motifs is 2. The molecule has 8 heteroatoms. The molecule has 3 heterocycles. The Labute approximate surface area is 196 Å². The Bertz CT molecular complexity index is 1120. The maximum absolute atomic E-state index is 13.1. The first-order chi connectivity index (χ1) is 15.4. The van der Waals surface area contributed by atoms with Gasteiger partial charge in [0.25, 0.3) is 0 Å². The minimum absolute atomic E-state index is 0.164. The van der Waals surface area contributed by atoms with Crippen LogP contribution in [0.15, 0.2) is 28.9 Å². The third kappa shape index (κ3) is 3.31. The van der Waals surface area contributed by atoms with Gasteiger partial charge in [0.1, 0.15) is 0 Å². The van der Waals surface area contributed by atoms with Crippen molar-refractivity contribution in [3.05, 3.63) is 40.0 Å². The van der Waals surface area contributed by atoms with E-state index in [2.05, 4.69) is 40.0 Å². The zero-order chi connectivity index (χ0) is 22.6. The predicted octanol–water partition coefficient (Wildman–Crippen LogP) is 3.53. The van der Waals surface area contributed by atoms with Crippen molar-refractivity contribution in [1.29, 1.82) is 0 Å². The summed E-state index contributed by atoms with van der Waals surface area (Å²) in [5.41, 5.74) is 4.21. The van der Waals surface area contributed by atoms with Crippen LogP contribution in [0.3, 0.4) is 0 Å². The van der Waals surface area contributed by atoms with Gasteiger partial charge in [0.05, 0.1) is 29.3 Å². The Morgan fingerprint density at radius 3 is 2.66 bits per heavy atom. The number of rotatable bonds is 4. The summed E-state index contributed by atoms with van der Waals surface area (Å²) in [6.07, 6.45) is 2.36. The molecule has 3 aliphatic rings. The number of carbonyl (C=O) groups excluding carboxylic acids is 2. The molecule has 0 N–H and O–H groups in total. The summed E-state index contributed by atoms with van der Waals surface area (Å²) >= 11 is 3.69. The summed E-state index contributed by atoms with van der Waals surface area (Å²) in [4.78, 5) is 30.3. The highest BCUT2D eigenvalue weighted by Crippen LogP contribution is 2.45. The number of amides is 1. The molecule has 1 saturated heterocycles. The number of hydrogen-bond donors (Lipinski definition) is 0. The van der Waals surface area contributed by atoms with E-state index in [0.29, 0.717) is 32.8 Å². The number of carbonyl (C=O) groups is 2. The quantitative estimate of drug-likeness (QED) is 0.641. The largest absolute Gasteiger partial charge is 0.441 e. The molecule has 32 heavy (non-hydrogen) atoms. The molecule has 1 amide bonds. The van der Waals surface area contributed by atoms with Crippen LogP contribution >= 0.6 is 15.9 Å². The smallest absolute Gasteiger partial charge is 0.419 e. The van der Waals surface area contributed by atoms with E-state index < -0.39 is 0 Å². The molecule has 7 nitrogen and oxygen atoms in total. The number of hydrogen-bond acceptors (Lipinski definition) is 5. The van der Waals surface area contributed by atoms with E-state index in [1.54, 1.807) is 4.57 Å². The Morgan fingerprint density at radius 2 is 2.00 bits per heavy atom. The molecule has 0 spiro atoms. The molecule has 5 rings (SSSR count). The van der Waals surface area contributed by atoms with Gasteiger partial charge in [0.2, 0.25) is 5.91 Å². The second kappa shape index (κ2) is 8.32. The zero-order valence-electron chi connectivity index (χ0n) is 18.6. The highest BCUT2D eigenvalue weighted by atomic mass is 79.9. The first-order valence-corrected chi connectivity index (χ1v) is 12.1. The Kier molecular flexibility index (Phi) is 5.63. The van der Waals surface area contributed by atoms with Crippen molar-refractivity contribution < 1.29 is 19.1 Å². The molecule has 1 aliphatic carbocycles. The van der Waals surface area contributed by atoms with Crippen molar-refractivity contribution in [2.75, 3.05) is 39.9 Å². The molecular formula is C24H28BrN3O4. The van der Waals surface area contributed by atoms with Crippen LogP contribution in [0.2, 0.25) is 0 Å². The second-order valence-corrected chi connectivity index (χ2v) is 9.50. The van der Waals surface area contributed by atoms with Gasteiger partial charge in [-0.15, -0.1) is 0 Å². The average Bonchev–Trinajstić information content (AvgIpc) is 3.04. The zero-order valence-corrected chi connectivity index (χ0v) is 20.2. The van der Waals surface area contributed by atoms with Gasteiger partial charge in [-0.25, -0.2) is 9.36 Å². The highest BCUT2D eigenvalue weighted by Gasteiger charge is 2.39. The summed E-state index contributed by atoms with van der Waals surface area (Å²) < 4.78 is 13.1. The Hall–Kier alpha value is -2.16. The van der Waals surface area contributed by atoms with Crippen LogP contribution in [-0.4, -0.2) is 78.4 Å². The summed E-state index contributed by atoms with van der Waals surface area (Å²) in [6.45, 7) is 7.05. The van der Waals surface area contributed by atoms with Gasteiger partial charge in [0, 0.05) is 31.1 Å². The molecule has 0 unspecified atom stereocenters. The van der Waals surface area contributed by atoms with Gasteiger partial charge in [-0.3, -0.25) is 9.69 Å². The summed E-state index contributed by atoms with van der Waals surface area (Å²) in [6, 6.07) is 6.20. The standard InChI is InChI=1S/C24H28BrN3O4/c1-4-27(5-2)23(29)14-9-17-16-7-6-8-19-21(16)18(10-20(17)26(3)11-14)22(25)28(19)24(30)32-15-12-31-13-15/h6-9,14-15,20H,4-5,10-13H2,1-3H3/t14-,20-/m1/s1. The van der Waals surface area contributed by atoms with Crippen LogP contribution in [-0.2, 0) is 20.7 Å². The summed E-state index contributed by atoms with van der Waals surface area (Å²) in [7, 11) is 2.08. The minimum atomic E-state index is -0.389. The van der Waals surface area contributed by atoms with Crippen LogP contribution in [0.5, 0.6) is 0 Å². The lowest BCUT2D eigenvalue weighted by molar-refractivity contribution is -0.134. The second-order valence-electron chi connectivity index (χ2n) is 8.75. The van der Waals surface area contributed by atoms with E-state index in [9.17, 15) is 9.59 Å². The molecule has 2 atom stereocenters. The maximum atomic E-state index is 13.1. The third-order valence-electron chi connectivity index (χ3n) is 6.95. The Balaban J connectivity index is 1.59. The molecule has 2 aromatic rings. The highest BCUT2D eigenvalue weighted by molar-refractivity contribution is 9.10. The molecule has 0 saturated carbocycles. The van der Waals surface area contributed by atoms with E-state index >= 15 is 0 Å². The average molecular weight is 502 g/mol. The summed E-state index contributed by atoms with van der Waals surface area (Å²) in [5, 5.41) is 1.06. The third-order valence-corrected chi connectivity index (χ3v) is 7.78. The van der Waals surface area contributed by atoms with Gasteiger partial charge in [-0.05, 0) is 66.0 Å². The number of halogens is 1. The molecule has 0 radical (unpaired) electrons. The van der Waals surface area contributed by atoms with Crippen LogP contribution in [0.4, 0.5) is 4.79 Å². The van der Waals surface area contributed by atoms with Gasteiger partial charge >= 0.3 is 6.09 Å². The van der Waals surface area contributed by atoms with E-state index in [-0.39, 0.29) is 30.1 Å². The number of benzene rings is 1. The van der Waals surface area contributed by atoms with Crippen molar-refractivity contribution in [2.45, 2.75) is 32.4 Å². The molecular weight excluding hydrogens is 474 g/mol. The summed E-state index contributed by atoms with van der Waals surface area (Å²) in [5.74, 6) is 0.00730. The minimum Gasteiger partial charge on any atom is -0.441 e. The van der Waals surface area contributed by atoms with Crippen LogP contribution < -0.4 is 0 Å². The van der Waals surface area contributed by atoms with Gasteiger partial charge in [-0.2, -0.15) is 0 Å². The molecule has 170 valence electrons. The lowest BCUT2D eigenvalue weighted by Gasteiger charge is -2.40. The van der Waals surface area contributed by atoms with E-state index in [0.717, 1.165) is 33.1 Å². The SMILES string of the molecule is CCN(CC)C(=O)[C@@H]1C=C2c3cccc4c3c(c(Br)n4C(=O)OC3COC3)C[C@H]2N(C)C1. The van der Waals surface area contributed by atoms with Crippen LogP contribution in [0.25, 0.3) is 16.5 Å². The van der Waals surface area contributed by atoms with Gasteiger partial charge in [0.15, 0.2) is 6.10 Å². The van der Waals surface area contributed by atoms with Crippen LogP contribution in [0, 0.1) is 5.92 Å². The van der Waals surface area contributed by atoms with Crippen molar-refractivity contribution in [2.24, 2.45) is 5.92 Å². The number of likely N-dealkylation sites (N-methyl/N-ethyl adjacent to an activating group) is 1. The fraction of sp³-hybridized carbons (Fsp3) is 0.500. The topological polar surface area (TPSA) is 64.0 Å². The predicted molar refractivity (Wildman–Crippen MR) is 126 cm³/mol. The van der Waals surface area contributed by atoms with Crippen molar-refractivity contribution >= 4 is 44.4 Å². The van der Waals surface area contributed by atoms with E-state index in [1.807, 2.05) is 30.9 Å². The monoisotopic (exact) mass is 501 g/mol. The maximum Gasteiger partial charge on any atom is 0.419 e. The van der Waals surface area contributed by atoms with Crippen LogP contribution in [0.1, 0.15) is 25.0 Å². The lowest BCUT2D eigenvalue weighted by Crippen LogP contribution is -2.47. The molecule has 1 aromatic carbocycles.